The second-order valence-corrected chi connectivity index (χ2v) is 6.48. The lowest BCUT2D eigenvalue weighted by molar-refractivity contribution is -0.174. The van der Waals surface area contributed by atoms with Gasteiger partial charge in [-0.2, -0.15) is 5.10 Å². The third kappa shape index (κ3) is 3.17. The summed E-state index contributed by atoms with van der Waals surface area (Å²) in [4.78, 5) is 36.5. The largest absolute Gasteiger partial charge is 0.365 e. The molecule has 12 heteroatoms. The molecule has 0 spiro atoms. The maximum Gasteiger partial charge on any atom is 0.282 e. The number of nitrogens with one attached hydrogen (secondary N) is 2. The van der Waals surface area contributed by atoms with Crippen molar-refractivity contribution in [3.63, 3.8) is 0 Å². The molecule has 1 fully saturated rings. The van der Waals surface area contributed by atoms with Crippen LogP contribution in [0.4, 0.5) is 8.78 Å². The molecule has 0 aliphatic carbocycles. The van der Waals surface area contributed by atoms with E-state index in [2.05, 4.69) is 25.4 Å². The Kier molecular flexibility index (Phi) is 4.07. The van der Waals surface area contributed by atoms with Gasteiger partial charge < -0.3 is 20.3 Å². The van der Waals surface area contributed by atoms with Gasteiger partial charge >= 0.3 is 0 Å². The Hall–Kier alpha value is -3.41. The molecule has 10 nitrogen and oxygen atoms in total. The maximum atomic E-state index is 12.9. The molecule has 1 atom stereocenters. The van der Waals surface area contributed by atoms with Crippen LogP contribution in [-0.4, -0.2) is 71.8 Å². The molecule has 1 aliphatic heterocycles. The smallest absolute Gasteiger partial charge is 0.282 e. The van der Waals surface area contributed by atoms with Crippen molar-refractivity contribution in [3.8, 4) is 11.3 Å². The molecule has 0 aromatic carbocycles. The van der Waals surface area contributed by atoms with E-state index in [1.807, 2.05) is 0 Å². The normalized spacial score (nSPS) is 16.6. The second-order valence-electron chi connectivity index (χ2n) is 6.48. The van der Waals surface area contributed by atoms with Crippen LogP contribution in [0, 0.1) is 0 Å². The van der Waals surface area contributed by atoms with E-state index < -0.39 is 37.1 Å². The van der Waals surface area contributed by atoms with E-state index in [0.717, 1.165) is 4.90 Å². The lowest BCUT2D eigenvalue weighted by atomic mass is 10.1. The summed E-state index contributed by atoms with van der Waals surface area (Å²) in [5.74, 6) is -4.76. The minimum Gasteiger partial charge on any atom is -0.365 e. The summed E-state index contributed by atoms with van der Waals surface area (Å²) in [7, 11) is 1.75. The molecule has 2 amide bonds. The van der Waals surface area contributed by atoms with Crippen molar-refractivity contribution in [2.24, 2.45) is 7.05 Å². The number of likely N-dealkylation sites (tertiary alicyclic amines) is 1. The summed E-state index contributed by atoms with van der Waals surface area (Å²) in [6.07, 6.45) is 4.23. The standard InChI is InChI=1S/C16H15F2N7O3/c1-24-5-8(2-21-24)10-4-20-12-11(22-10)9(3-19-12)13(26)23-14(27)15(28)25-6-16(17,18)7-25/h2-5,14,27H,6-7H2,1H3,(H,19,20)(H,23,26). The zero-order valence-corrected chi connectivity index (χ0v) is 14.6. The van der Waals surface area contributed by atoms with Crippen LogP contribution in [0.2, 0.25) is 0 Å². The van der Waals surface area contributed by atoms with Crippen LogP contribution in [0.5, 0.6) is 0 Å². The monoisotopic (exact) mass is 391 g/mol. The second kappa shape index (κ2) is 6.34. The van der Waals surface area contributed by atoms with Crippen molar-refractivity contribution in [2.45, 2.75) is 12.2 Å². The zero-order valence-electron chi connectivity index (χ0n) is 14.6. The summed E-state index contributed by atoms with van der Waals surface area (Å²) in [5.41, 5.74) is 1.79. The topological polar surface area (TPSA) is 129 Å². The molecule has 0 radical (unpaired) electrons. The minimum atomic E-state index is -2.96. The Labute approximate surface area is 156 Å². The number of amides is 2. The van der Waals surface area contributed by atoms with Gasteiger partial charge in [0.15, 0.2) is 5.65 Å². The number of carbonyl (C=O) groups is 2. The van der Waals surface area contributed by atoms with Crippen LogP contribution in [-0.2, 0) is 11.8 Å². The van der Waals surface area contributed by atoms with Gasteiger partial charge in [-0.05, 0) is 0 Å². The summed E-state index contributed by atoms with van der Waals surface area (Å²) in [6, 6.07) is 0. The molecule has 0 saturated carbocycles. The first-order chi connectivity index (χ1) is 13.2. The third-order valence-corrected chi connectivity index (χ3v) is 4.28. The SMILES string of the molecule is Cn1cc(-c2cnc3[nH]cc(C(=O)NC(O)C(=O)N4CC(F)(F)C4)c3n2)cn1. The highest BCUT2D eigenvalue weighted by atomic mass is 19.3. The van der Waals surface area contributed by atoms with E-state index in [0.29, 0.717) is 16.9 Å². The van der Waals surface area contributed by atoms with Crippen molar-refractivity contribution in [1.29, 1.82) is 0 Å². The molecular formula is C16H15F2N7O3. The molecule has 28 heavy (non-hydrogen) atoms. The van der Waals surface area contributed by atoms with Crippen LogP contribution in [0.15, 0.2) is 24.8 Å². The molecule has 146 valence electrons. The molecular weight excluding hydrogens is 376 g/mol. The van der Waals surface area contributed by atoms with Crippen LogP contribution in [0.1, 0.15) is 10.4 Å². The van der Waals surface area contributed by atoms with Crippen LogP contribution >= 0.6 is 0 Å². The van der Waals surface area contributed by atoms with Crippen molar-refractivity contribution in [2.75, 3.05) is 13.1 Å². The zero-order chi connectivity index (χ0) is 20.1. The molecule has 3 N–H and O–H groups in total. The Morgan fingerprint density at radius 2 is 2.11 bits per heavy atom. The number of alkyl halides is 2. The van der Waals surface area contributed by atoms with Gasteiger partial charge in [0.2, 0.25) is 6.23 Å². The number of halogens is 2. The van der Waals surface area contributed by atoms with Crippen LogP contribution in [0.3, 0.4) is 0 Å². The molecule has 4 rings (SSSR count). The van der Waals surface area contributed by atoms with E-state index in [-0.39, 0.29) is 11.1 Å². The van der Waals surface area contributed by atoms with Crippen molar-refractivity contribution in [1.82, 2.24) is 34.9 Å². The first-order valence-corrected chi connectivity index (χ1v) is 8.22. The highest BCUT2D eigenvalue weighted by molar-refractivity contribution is 6.06. The number of aromatic amines is 1. The number of hydrogen-bond acceptors (Lipinski definition) is 6. The first kappa shape index (κ1) is 18.0. The van der Waals surface area contributed by atoms with E-state index in [1.165, 1.54) is 12.4 Å². The van der Waals surface area contributed by atoms with Crippen molar-refractivity contribution in [3.05, 3.63) is 30.4 Å². The number of rotatable bonds is 4. The van der Waals surface area contributed by atoms with Gasteiger partial charge in [0.05, 0.1) is 36.7 Å². The predicted octanol–water partition coefficient (Wildman–Crippen LogP) is -0.116. The number of aliphatic hydroxyl groups excluding tert-OH is 1. The van der Waals surface area contributed by atoms with Gasteiger partial charge in [0.25, 0.3) is 17.7 Å². The molecule has 1 saturated heterocycles. The Balaban J connectivity index is 1.53. The van der Waals surface area contributed by atoms with Gasteiger partial charge in [-0.15, -0.1) is 0 Å². The number of H-pyrrole nitrogens is 1. The maximum absolute atomic E-state index is 12.9. The number of carbonyl (C=O) groups excluding carboxylic acids is 2. The quantitative estimate of drug-likeness (QED) is 0.532. The number of aliphatic hydroxyl groups is 1. The lowest BCUT2D eigenvalue weighted by Gasteiger charge is -2.39. The number of nitrogens with zero attached hydrogens (tertiary/aromatic N) is 5. The third-order valence-electron chi connectivity index (χ3n) is 4.28. The molecule has 4 heterocycles. The minimum absolute atomic E-state index is 0.0500. The number of hydrogen-bond donors (Lipinski definition) is 3. The van der Waals surface area contributed by atoms with Crippen LogP contribution < -0.4 is 5.32 Å². The van der Waals surface area contributed by atoms with Gasteiger partial charge in [-0.25, -0.2) is 18.7 Å². The summed E-state index contributed by atoms with van der Waals surface area (Å²) >= 11 is 0. The van der Waals surface area contributed by atoms with Crippen molar-refractivity contribution < 1.29 is 23.5 Å². The summed E-state index contributed by atoms with van der Waals surface area (Å²) in [6.45, 7) is -1.57. The van der Waals surface area contributed by atoms with Crippen molar-refractivity contribution >= 4 is 23.0 Å². The Bertz CT molecular complexity index is 1070. The number of aromatic nitrogens is 5. The molecule has 1 aliphatic rings. The van der Waals surface area contributed by atoms with E-state index in [1.54, 1.807) is 24.1 Å². The lowest BCUT2D eigenvalue weighted by Crippen LogP contribution is -2.62. The predicted molar refractivity (Wildman–Crippen MR) is 91.1 cm³/mol. The summed E-state index contributed by atoms with van der Waals surface area (Å²) < 4.78 is 27.3. The number of fused-ring (bicyclic) bond motifs is 1. The average Bonchev–Trinajstić information content (AvgIpc) is 3.24. The first-order valence-electron chi connectivity index (χ1n) is 8.22. The van der Waals surface area contributed by atoms with E-state index >= 15 is 0 Å². The summed E-state index contributed by atoms with van der Waals surface area (Å²) in [5, 5.41) is 16.0. The fraction of sp³-hybridized carbons (Fsp3) is 0.312. The fourth-order valence-corrected chi connectivity index (χ4v) is 2.86. The van der Waals surface area contributed by atoms with E-state index in [9.17, 15) is 23.5 Å². The highest BCUT2D eigenvalue weighted by Crippen LogP contribution is 2.27. The van der Waals surface area contributed by atoms with Gasteiger partial charge in [0, 0.05) is 25.0 Å². The van der Waals surface area contributed by atoms with Crippen LogP contribution in [0.25, 0.3) is 22.4 Å². The van der Waals surface area contributed by atoms with Gasteiger partial charge in [0.1, 0.15) is 5.52 Å². The fourth-order valence-electron chi connectivity index (χ4n) is 2.86. The Morgan fingerprint density at radius 1 is 1.36 bits per heavy atom. The molecule has 1 unspecified atom stereocenters. The number of aryl methyl sites for hydroxylation is 1. The van der Waals surface area contributed by atoms with E-state index in [4.69, 9.17) is 0 Å². The average molecular weight is 391 g/mol. The molecule has 0 bridgehead atoms. The molecule has 3 aromatic heterocycles. The van der Waals surface area contributed by atoms with Gasteiger partial charge in [-0.3, -0.25) is 14.3 Å². The van der Waals surface area contributed by atoms with Gasteiger partial charge in [-0.1, -0.05) is 0 Å². The highest BCUT2D eigenvalue weighted by Gasteiger charge is 2.47. The Morgan fingerprint density at radius 3 is 2.75 bits per heavy atom. The molecule has 3 aromatic rings.